The van der Waals surface area contributed by atoms with Gasteiger partial charge in [-0.25, -0.2) is 9.97 Å². The van der Waals surface area contributed by atoms with Crippen LogP contribution in [0.3, 0.4) is 0 Å². The molecule has 6 nitrogen and oxygen atoms in total. The van der Waals surface area contributed by atoms with Gasteiger partial charge in [-0.15, -0.1) is 11.3 Å². The molecule has 0 unspecified atom stereocenters. The summed E-state index contributed by atoms with van der Waals surface area (Å²) in [7, 11) is 1.63. The van der Waals surface area contributed by atoms with Gasteiger partial charge in [-0.3, -0.25) is 4.79 Å². The molecule has 0 aliphatic heterocycles. The van der Waals surface area contributed by atoms with Gasteiger partial charge in [-0.2, -0.15) is 0 Å². The molecule has 0 saturated carbocycles. The average molecular weight is 411 g/mol. The molecular formula is C20H18N4O2S2. The van der Waals surface area contributed by atoms with E-state index in [1.165, 1.54) is 28.7 Å². The van der Waals surface area contributed by atoms with Crippen LogP contribution in [0.25, 0.3) is 22.3 Å². The highest BCUT2D eigenvalue weighted by atomic mass is 32.2. The van der Waals surface area contributed by atoms with E-state index in [4.69, 9.17) is 4.74 Å². The second kappa shape index (κ2) is 8.04. The standard InChI is InChI=1S/C20H18N4O2S2/c1-12-3-8-15-16(9-12)22-19(21-15)28-11-18(25)24-20-23-17(10-27-20)13-4-6-14(26-2)7-5-13/h3-10H,11H2,1-2H3,(H,21,22)(H,23,24,25). The fraction of sp³-hybridized carbons (Fsp3) is 0.150. The molecule has 28 heavy (non-hydrogen) atoms. The number of hydrogen-bond acceptors (Lipinski definition) is 6. The maximum atomic E-state index is 12.3. The number of benzene rings is 2. The van der Waals surface area contributed by atoms with Crippen LogP contribution >= 0.6 is 23.1 Å². The first kappa shape index (κ1) is 18.5. The monoisotopic (exact) mass is 410 g/mol. The lowest BCUT2D eigenvalue weighted by atomic mass is 10.2. The van der Waals surface area contributed by atoms with Gasteiger partial charge < -0.3 is 15.0 Å². The number of carbonyl (C=O) groups is 1. The van der Waals surface area contributed by atoms with Gasteiger partial charge in [-0.05, 0) is 48.9 Å². The van der Waals surface area contributed by atoms with Crippen molar-refractivity contribution in [2.45, 2.75) is 12.1 Å². The second-order valence-electron chi connectivity index (χ2n) is 6.17. The quantitative estimate of drug-likeness (QED) is 0.449. The predicted octanol–water partition coefficient (Wildman–Crippen LogP) is 4.73. The van der Waals surface area contributed by atoms with E-state index in [-0.39, 0.29) is 11.7 Å². The van der Waals surface area contributed by atoms with Crippen LogP contribution in [-0.4, -0.2) is 33.7 Å². The minimum atomic E-state index is -0.114. The number of thiazole rings is 1. The molecule has 0 atom stereocenters. The molecule has 0 saturated heterocycles. The Kier molecular flexibility index (Phi) is 5.31. The molecule has 2 aromatic carbocycles. The summed E-state index contributed by atoms with van der Waals surface area (Å²) in [4.78, 5) is 24.5. The van der Waals surface area contributed by atoms with Crippen molar-refractivity contribution in [3.63, 3.8) is 0 Å². The van der Waals surface area contributed by atoms with Crippen LogP contribution < -0.4 is 10.1 Å². The number of aromatic nitrogens is 3. The number of nitrogens with one attached hydrogen (secondary N) is 2. The van der Waals surface area contributed by atoms with Crippen LogP contribution in [0, 0.1) is 6.92 Å². The summed E-state index contributed by atoms with van der Waals surface area (Å²) in [5.74, 6) is 0.943. The predicted molar refractivity (Wildman–Crippen MR) is 114 cm³/mol. The number of carbonyl (C=O) groups excluding carboxylic acids is 1. The van der Waals surface area contributed by atoms with Gasteiger partial charge in [0.1, 0.15) is 5.75 Å². The highest BCUT2D eigenvalue weighted by molar-refractivity contribution is 7.99. The van der Waals surface area contributed by atoms with Crippen molar-refractivity contribution >= 4 is 45.2 Å². The Morgan fingerprint density at radius 2 is 2.04 bits per heavy atom. The number of rotatable bonds is 6. The molecule has 0 aliphatic carbocycles. The maximum Gasteiger partial charge on any atom is 0.236 e. The molecule has 2 heterocycles. The fourth-order valence-electron chi connectivity index (χ4n) is 2.68. The highest BCUT2D eigenvalue weighted by Crippen LogP contribution is 2.27. The normalized spacial score (nSPS) is 10.9. The van der Waals surface area contributed by atoms with Crippen molar-refractivity contribution in [3.8, 4) is 17.0 Å². The van der Waals surface area contributed by atoms with Crippen LogP contribution in [0.2, 0.25) is 0 Å². The molecule has 0 fully saturated rings. The number of methoxy groups -OCH3 is 1. The molecular weight excluding hydrogens is 392 g/mol. The minimum Gasteiger partial charge on any atom is -0.497 e. The van der Waals surface area contributed by atoms with E-state index in [9.17, 15) is 4.79 Å². The number of fused-ring (bicyclic) bond motifs is 1. The Labute approximate surface area is 170 Å². The van der Waals surface area contributed by atoms with E-state index >= 15 is 0 Å². The zero-order valence-corrected chi connectivity index (χ0v) is 17.0. The van der Waals surface area contributed by atoms with Crippen LogP contribution in [0.1, 0.15) is 5.56 Å². The van der Waals surface area contributed by atoms with E-state index in [0.717, 1.165) is 33.2 Å². The number of imidazole rings is 1. The largest absolute Gasteiger partial charge is 0.497 e. The zero-order chi connectivity index (χ0) is 19.5. The summed E-state index contributed by atoms with van der Waals surface area (Å²) < 4.78 is 5.17. The summed E-state index contributed by atoms with van der Waals surface area (Å²) in [6, 6.07) is 13.7. The maximum absolute atomic E-state index is 12.3. The Balaban J connectivity index is 1.36. The Morgan fingerprint density at radius 3 is 2.82 bits per heavy atom. The van der Waals surface area contributed by atoms with E-state index in [1.807, 2.05) is 54.8 Å². The molecule has 0 aliphatic rings. The smallest absolute Gasteiger partial charge is 0.236 e. The van der Waals surface area contributed by atoms with Gasteiger partial charge in [0, 0.05) is 10.9 Å². The highest BCUT2D eigenvalue weighted by Gasteiger charge is 2.11. The molecule has 8 heteroatoms. The average Bonchev–Trinajstić information content (AvgIpc) is 3.32. The summed E-state index contributed by atoms with van der Waals surface area (Å²) in [6.07, 6.45) is 0. The number of ether oxygens (including phenoxy) is 1. The fourth-order valence-corrected chi connectivity index (χ4v) is 4.10. The first-order valence-corrected chi connectivity index (χ1v) is 10.5. The minimum absolute atomic E-state index is 0.114. The van der Waals surface area contributed by atoms with Crippen molar-refractivity contribution in [3.05, 3.63) is 53.4 Å². The van der Waals surface area contributed by atoms with E-state index < -0.39 is 0 Å². The molecule has 0 radical (unpaired) electrons. The van der Waals surface area contributed by atoms with Gasteiger partial charge in [0.25, 0.3) is 0 Å². The Bertz CT molecular complexity index is 1120. The van der Waals surface area contributed by atoms with Crippen molar-refractivity contribution < 1.29 is 9.53 Å². The summed E-state index contributed by atoms with van der Waals surface area (Å²) in [5.41, 5.74) is 4.85. The second-order valence-corrected chi connectivity index (χ2v) is 7.99. The van der Waals surface area contributed by atoms with Crippen molar-refractivity contribution in [2.75, 3.05) is 18.2 Å². The Hall–Kier alpha value is -2.84. The lowest BCUT2D eigenvalue weighted by molar-refractivity contribution is -0.113. The molecule has 4 rings (SSSR count). The molecule has 2 N–H and O–H groups in total. The van der Waals surface area contributed by atoms with Crippen LogP contribution in [0.5, 0.6) is 5.75 Å². The number of H-pyrrole nitrogens is 1. The van der Waals surface area contributed by atoms with Gasteiger partial charge >= 0.3 is 0 Å². The lowest BCUT2D eigenvalue weighted by Crippen LogP contribution is -2.13. The molecule has 4 aromatic rings. The summed E-state index contributed by atoms with van der Waals surface area (Å²) in [5, 5.41) is 6.08. The summed E-state index contributed by atoms with van der Waals surface area (Å²) in [6.45, 7) is 2.04. The number of aryl methyl sites for hydroxylation is 1. The third-order valence-corrected chi connectivity index (χ3v) is 5.72. The zero-order valence-electron chi connectivity index (χ0n) is 15.4. The van der Waals surface area contributed by atoms with Gasteiger partial charge in [0.05, 0.1) is 29.6 Å². The molecule has 142 valence electrons. The third kappa shape index (κ3) is 4.18. The Morgan fingerprint density at radius 1 is 1.21 bits per heavy atom. The van der Waals surface area contributed by atoms with E-state index in [0.29, 0.717) is 5.13 Å². The van der Waals surface area contributed by atoms with Crippen molar-refractivity contribution in [1.29, 1.82) is 0 Å². The topological polar surface area (TPSA) is 79.9 Å². The number of hydrogen-bond donors (Lipinski definition) is 2. The SMILES string of the molecule is COc1ccc(-c2csc(NC(=O)CSc3nc4ccc(C)cc4[nH]3)n2)cc1. The van der Waals surface area contributed by atoms with E-state index in [2.05, 4.69) is 20.3 Å². The molecule has 1 amide bonds. The van der Waals surface area contributed by atoms with Gasteiger partial charge in [-0.1, -0.05) is 17.8 Å². The first-order chi connectivity index (χ1) is 13.6. The number of aromatic amines is 1. The number of thioether (sulfide) groups is 1. The number of nitrogens with zero attached hydrogens (tertiary/aromatic N) is 2. The number of amides is 1. The van der Waals surface area contributed by atoms with Crippen molar-refractivity contribution in [1.82, 2.24) is 15.0 Å². The van der Waals surface area contributed by atoms with Crippen LogP contribution in [-0.2, 0) is 4.79 Å². The first-order valence-electron chi connectivity index (χ1n) is 8.60. The molecule has 0 bridgehead atoms. The van der Waals surface area contributed by atoms with Gasteiger partial charge in [0.2, 0.25) is 5.91 Å². The molecule has 0 spiro atoms. The van der Waals surface area contributed by atoms with Gasteiger partial charge in [0.15, 0.2) is 10.3 Å². The van der Waals surface area contributed by atoms with Crippen molar-refractivity contribution in [2.24, 2.45) is 0 Å². The van der Waals surface area contributed by atoms with Crippen LogP contribution in [0.15, 0.2) is 53.0 Å². The molecule has 2 aromatic heterocycles. The van der Waals surface area contributed by atoms with Crippen LogP contribution in [0.4, 0.5) is 5.13 Å². The summed E-state index contributed by atoms with van der Waals surface area (Å²) >= 11 is 2.77. The lowest BCUT2D eigenvalue weighted by Gasteiger charge is -2.01. The van der Waals surface area contributed by atoms with E-state index in [1.54, 1.807) is 7.11 Å². The number of anilines is 1. The third-order valence-electron chi connectivity index (χ3n) is 4.09.